The van der Waals surface area contributed by atoms with Gasteiger partial charge < -0.3 is 14.4 Å². The molecule has 1 aromatic rings. The van der Waals surface area contributed by atoms with Gasteiger partial charge in [0.1, 0.15) is 0 Å². The van der Waals surface area contributed by atoms with Crippen LogP contribution < -0.4 is 9.47 Å². The Labute approximate surface area is 120 Å². The monoisotopic (exact) mass is 277 g/mol. The van der Waals surface area contributed by atoms with Crippen molar-refractivity contribution in [1.82, 2.24) is 4.90 Å². The predicted octanol–water partition coefficient (Wildman–Crippen LogP) is 2.88. The Hall–Kier alpha value is -1.71. The molecule has 1 saturated heterocycles. The molecule has 1 aliphatic rings. The lowest BCUT2D eigenvalue weighted by Crippen LogP contribution is -2.38. The van der Waals surface area contributed by atoms with E-state index in [1.807, 2.05) is 17.9 Å². The Kier molecular flexibility index (Phi) is 4.53. The summed E-state index contributed by atoms with van der Waals surface area (Å²) < 4.78 is 10.6. The number of benzene rings is 1. The lowest BCUT2D eigenvalue weighted by molar-refractivity contribution is 0.0696. The number of methoxy groups -OCH3 is 2. The number of carbonyl (C=O) groups is 1. The van der Waals surface area contributed by atoms with E-state index in [0.29, 0.717) is 23.0 Å². The van der Waals surface area contributed by atoms with Crippen LogP contribution >= 0.6 is 0 Å². The van der Waals surface area contributed by atoms with E-state index >= 15 is 0 Å². The van der Waals surface area contributed by atoms with Crippen molar-refractivity contribution in [2.75, 3.05) is 27.3 Å². The minimum Gasteiger partial charge on any atom is -0.493 e. The third-order valence-corrected chi connectivity index (χ3v) is 4.03. The largest absolute Gasteiger partial charge is 0.493 e. The predicted molar refractivity (Wildman–Crippen MR) is 78.6 cm³/mol. The quantitative estimate of drug-likeness (QED) is 0.852. The van der Waals surface area contributed by atoms with Gasteiger partial charge in [0.25, 0.3) is 5.91 Å². The van der Waals surface area contributed by atoms with E-state index in [9.17, 15) is 4.79 Å². The average molecular weight is 277 g/mol. The van der Waals surface area contributed by atoms with Crippen molar-refractivity contribution in [1.29, 1.82) is 0 Å². The molecular formula is C16H23NO3. The highest BCUT2D eigenvalue weighted by atomic mass is 16.5. The van der Waals surface area contributed by atoms with E-state index in [4.69, 9.17) is 9.47 Å². The van der Waals surface area contributed by atoms with Crippen molar-refractivity contribution in [2.24, 2.45) is 5.92 Å². The number of hydrogen-bond acceptors (Lipinski definition) is 3. The van der Waals surface area contributed by atoms with Crippen molar-refractivity contribution in [2.45, 2.75) is 26.7 Å². The number of piperidine rings is 1. The van der Waals surface area contributed by atoms with Gasteiger partial charge in [0.05, 0.1) is 14.2 Å². The molecule has 4 heteroatoms. The van der Waals surface area contributed by atoms with Crippen molar-refractivity contribution in [3.63, 3.8) is 0 Å². The lowest BCUT2D eigenvalue weighted by atomic mass is 9.98. The fourth-order valence-electron chi connectivity index (χ4n) is 2.59. The Morgan fingerprint density at radius 3 is 2.25 bits per heavy atom. The van der Waals surface area contributed by atoms with Crippen LogP contribution in [0.5, 0.6) is 11.5 Å². The molecule has 0 aliphatic carbocycles. The van der Waals surface area contributed by atoms with Gasteiger partial charge in [-0.2, -0.15) is 0 Å². The lowest BCUT2D eigenvalue weighted by Gasteiger charge is -2.30. The zero-order valence-electron chi connectivity index (χ0n) is 12.7. The van der Waals surface area contributed by atoms with Crippen molar-refractivity contribution < 1.29 is 14.3 Å². The first-order chi connectivity index (χ1) is 9.56. The molecule has 1 amide bonds. The molecule has 110 valence electrons. The minimum atomic E-state index is 0.0929. The zero-order valence-corrected chi connectivity index (χ0v) is 12.7. The molecule has 0 aromatic heterocycles. The second-order valence-electron chi connectivity index (χ2n) is 5.50. The van der Waals surface area contributed by atoms with Crippen LogP contribution in [0.4, 0.5) is 0 Å². The number of hydrogen-bond donors (Lipinski definition) is 0. The highest BCUT2D eigenvalue weighted by molar-refractivity contribution is 5.96. The zero-order chi connectivity index (χ0) is 14.7. The summed E-state index contributed by atoms with van der Waals surface area (Å²) in [5.74, 6) is 2.07. The minimum absolute atomic E-state index is 0.0929. The maximum Gasteiger partial charge on any atom is 0.254 e. The van der Waals surface area contributed by atoms with Gasteiger partial charge in [0, 0.05) is 18.7 Å². The van der Waals surface area contributed by atoms with Crippen LogP contribution in [-0.4, -0.2) is 38.1 Å². The first kappa shape index (κ1) is 14.7. The van der Waals surface area contributed by atoms with Gasteiger partial charge in [-0.05, 0) is 43.4 Å². The van der Waals surface area contributed by atoms with E-state index in [1.165, 1.54) is 0 Å². The van der Waals surface area contributed by atoms with Gasteiger partial charge in [-0.25, -0.2) is 0 Å². The molecule has 0 radical (unpaired) electrons. The molecule has 0 saturated carbocycles. The highest BCUT2D eigenvalue weighted by Crippen LogP contribution is 2.31. The summed E-state index contributed by atoms with van der Waals surface area (Å²) in [6.07, 6.45) is 2.16. The Bertz CT molecular complexity index is 491. The molecule has 0 N–H and O–H groups in total. The number of amides is 1. The second kappa shape index (κ2) is 6.16. The van der Waals surface area contributed by atoms with Crippen LogP contribution in [-0.2, 0) is 0 Å². The summed E-state index contributed by atoms with van der Waals surface area (Å²) in [6.45, 7) is 5.85. The number of ether oxygens (including phenoxy) is 2. The van der Waals surface area contributed by atoms with Crippen LogP contribution in [0, 0.1) is 12.8 Å². The fraction of sp³-hybridized carbons (Fsp3) is 0.562. The highest BCUT2D eigenvalue weighted by Gasteiger charge is 2.23. The molecule has 0 bridgehead atoms. The summed E-state index contributed by atoms with van der Waals surface area (Å²) in [4.78, 5) is 14.6. The summed E-state index contributed by atoms with van der Waals surface area (Å²) in [5.41, 5.74) is 1.63. The van der Waals surface area contributed by atoms with E-state index in [0.717, 1.165) is 31.5 Å². The summed E-state index contributed by atoms with van der Waals surface area (Å²) >= 11 is 0. The Morgan fingerprint density at radius 1 is 1.15 bits per heavy atom. The van der Waals surface area contributed by atoms with Crippen LogP contribution in [0.1, 0.15) is 35.7 Å². The molecular weight excluding hydrogens is 254 g/mol. The Morgan fingerprint density at radius 2 is 1.70 bits per heavy atom. The van der Waals surface area contributed by atoms with Gasteiger partial charge in [-0.1, -0.05) is 6.92 Å². The SMILES string of the molecule is COc1cc(C)c(C(=O)N2CCC(C)CC2)cc1OC. The average Bonchev–Trinajstić information content (AvgIpc) is 2.47. The van der Waals surface area contributed by atoms with Crippen LogP contribution in [0.3, 0.4) is 0 Å². The van der Waals surface area contributed by atoms with Gasteiger partial charge in [0.15, 0.2) is 11.5 Å². The number of aryl methyl sites for hydroxylation is 1. The van der Waals surface area contributed by atoms with Gasteiger partial charge in [-0.3, -0.25) is 4.79 Å². The number of rotatable bonds is 3. The number of nitrogens with zero attached hydrogens (tertiary/aromatic N) is 1. The summed E-state index contributed by atoms with van der Waals surface area (Å²) in [6, 6.07) is 3.65. The topological polar surface area (TPSA) is 38.8 Å². The third kappa shape index (κ3) is 2.89. The van der Waals surface area contributed by atoms with Crippen molar-refractivity contribution in [3.05, 3.63) is 23.3 Å². The van der Waals surface area contributed by atoms with Crippen LogP contribution in [0.15, 0.2) is 12.1 Å². The molecule has 1 aromatic carbocycles. The normalized spacial score (nSPS) is 16.1. The standard InChI is InChI=1S/C16H23NO3/c1-11-5-7-17(8-6-11)16(18)13-10-15(20-4)14(19-3)9-12(13)2/h9-11H,5-8H2,1-4H3. The molecule has 1 aliphatic heterocycles. The third-order valence-electron chi connectivity index (χ3n) is 4.03. The molecule has 4 nitrogen and oxygen atoms in total. The van der Waals surface area contributed by atoms with E-state index in [2.05, 4.69) is 6.92 Å². The summed E-state index contributed by atoms with van der Waals surface area (Å²) in [7, 11) is 3.19. The fourth-order valence-corrected chi connectivity index (χ4v) is 2.59. The smallest absolute Gasteiger partial charge is 0.254 e. The van der Waals surface area contributed by atoms with Gasteiger partial charge in [-0.15, -0.1) is 0 Å². The molecule has 0 spiro atoms. The first-order valence-electron chi connectivity index (χ1n) is 7.08. The van der Waals surface area contributed by atoms with E-state index in [1.54, 1.807) is 20.3 Å². The van der Waals surface area contributed by atoms with Crippen LogP contribution in [0.25, 0.3) is 0 Å². The molecule has 2 rings (SSSR count). The maximum atomic E-state index is 12.6. The van der Waals surface area contributed by atoms with E-state index in [-0.39, 0.29) is 5.91 Å². The maximum absolute atomic E-state index is 12.6. The Balaban J connectivity index is 2.25. The summed E-state index contributed by atoms with van der Waals surface area (Å²) in [5, 5.41) is 0. The number of likely N-dealkylation sites (tertiary alicyclic amines) is 1. The molecule has 0 unspecified atom stereocenters. The van der Waals surface area contributed by atoms with E-state index < -0.39 is 0 Å². The van der Waals surface area contributed by atoms with Crippen molar-refractivity contribution in [3.8, 4) is 11.5 Å². The van der Waals surface area contributed by atoms with Crippen LogP contribution in [0.2, 0.25) is 0 Å². The van der Waals surface area contributed by atoms with Gasteiger partial charge >= 0.3 is 0 Å². The number of carbonyl (C=O) groups excluding carboxylic acids is 1. The second-order valence-corrected chi connectivity index (χ2v) is 5.50. The molecule has 0 atom stereocenters. The molecule has 1 heterocycles. The molecule has 20 heavy (non-hydrogen) atoms. The van der Waals surface area contributed by atoms with Gasteiger partial charge in [0.2, 0.25) is 0 Å². The van der Waals surface area contributed by atoms with Crippen molar-refractivity contribution >= 4 is 5.91 Å². The first-order valence-corrected chi connectivity index (χ1v) is 7.08. The molecule has 1 fully saturated rings.